The summed E-state index contributed by atoms with van der Waals surface area (Å²) in [6, 6.07) is 0. The standard InChI is InChI=1S/C14H23N7/c1-20-7-3-11(4-8-20)2-5-16-13-14-17-6-9-21(14)10-12(18-13)19-15/h6,9-11,19H,2-5,7-8,15H2,1H3,(H,16,18). The lowest BCUT2D eigenvalue weighted by molar-refractivity contribution is 0.215. The van der Waals surface area contributed by atoms with Gasteiger partial charge in [0.15, 0.2) is 17.3 Å². The highest BCUT2D eigenvalue weighted by Crippen LogP contribution is 2.20. The Hall–Kier alpha value is -1.86. The number of nitrogens with zero attached hydrogens (tertiary/aromatic N) is 4. The number of nitrogens with two attached hydrogens (primary N) is 1. The van der Waals surface area contributed by atoms with Gasteiger partial charge in [0, 0.05) is 18.9 Å². The van der Waals surface area contributed by atoms with Crippen molar-refractivity contribution in [1.29, 1.82) is 0 Å². The average Bonchev–Trinajstić information content (AvgIpc) is 2.97. The number of aromatic nitrogens is 3. The number of fused-ring (bicyclic) bond motifs is 1. The van der Waals surface area contributed by atoms with Gasteiger partial charge in [0.1, 0.15) is 0 Å². The van der Waals surface area contributed by atoms with Gasteiger partial charge in [0.25, 0.3) is 0 Å². The first kappa shape index (κ1) is 14.1. The Morgan fingerprint density at radius 3 is 2.95 bits per heavy atom. The number of hydrogen-bond donors (Lipinski definition) is 3. The fourth-order valence-corrected chi connectivity index (χ4v) is 2.87. The summed E-state index contributed by atoms with van der Waals surface area (Å²) in [4.78, 5) is 11.2. The lowest BCUT2D eigenvalue weighted by Gasteiger charge is -2.28. The van der Waals surface area contributed by atoms with Crippen LogP contribution in [0.3, 0.4) is 0 Å². The molecule has 0 aliphatic carbocycles. The topological polar surface area (TPSA) is 83.5 Å². The van der Waals surface area contributed by atoms with Crippen molar-refractivity contribution in [2.45, 2.75) is 19.3 Å². The van der Waals surface area contributed by atoms with E-state index in [9.17, 15) is 0 Å². The summed E-state index contributed by atoms with van der Waals surface area (Å²) < 4.78 is 1.92. The smallest absolute Gasteiger partial charge is 0.180 e. The number of hydrogen-bond acceptors (Lipinski definition) is 6. The summed E-state index contributed by atoms with van der Waals surface area (Å²) >= 11 is 0. The van der Waals surface area contributed by atoms with Gasteiger partial charge >= 0.3 is 0 Å². The Kier molecular flexibility index (Phi) is 4.21. The maximum absolute atomic E-state index is 5.46. The highest BCUT2D eigenvalue weighted by molar-refractivity contribution is 5.65. The first-order chi connectivity index (χ1) is 10.3. The van der Waals surface area contributed by atoms with Crippen LogP contribution in [0.25, 0.3) is 5.65 Å². The van der Waals surface area contributed by atoms with Crippen molar-refractivity contribution in [3.05, 3.63) is 18.6 Å². The number of rotatable bonds is 5. The zero-order chi connectivity index (χ0) is 14.7. The highest BCUT2D eigenvalue weighted by Gasteiger charge is 2.16. The van der Waals surface area contributed by atoms with Crippen LogP contribution in [0.4, 0.5) is 11.6 Å². The molecule has 0 bridgehead atoms. The monoisotopic (exact) mass is 289 g/mol. The summed E-state index contributed by atoms with van der Waals surface area (Å²) in [5, 5.41) is 3.40. The molecule has 3 rings (SSSR count). The zero-order valence-electron chi connectivity index (χ0n) is 12.4. The Bertz CT molecular complexity index is 586. The van der Waals surface area contributed by atoms with Crippen LogP contribution in [0.15, 0.2) is 18.6 Å². The first-order valence-corrected chi connectivity index (χ1v) is 7.49. The molecule has 2 aromatic rings. The largest absolute Gasteiger partial charge is 0.367 e. The molecule has 2 aromatic heterocycles. The van der Waals surface area contributed by atoms with Crippen LogP contribution in [0.1, 0.15) is 19.3 Å². The van der Waals surface area contributed by atoms with Crippen molar-refractivity contribution in [2.24, 2.45) is 11.8 Å². The highest BCUT2D eigenvalue weighted by atomic mass is 15.3. The fraction of sp³-hybridized carbons (Fsp3) is 0.571. The van der Waals surface area contributed by atoms with Crippen molar-refractivity contribution in [3.63, 3.8) is 0 Å². The molecule has 7 heteroatoms. The number of anilines is 2. The molecule has 3 heterocycles. The second kappa shape index (κ2) is 6.28. The van der Waals surface area contributed by atoms with Crippen molar-refractivity contribution in [3.8, 4) is 0 Å². The van der Waals surface area contributed by atoms with E-state index >= 15 is 0 Å². The van der Waals surface area contributed by atoms with Crippen LogP contribution in [-0.2, 0) is 0 Å². The molecule has 0 amide bonds. The Balaban J connectivity index is 1.61. The molecule has 4 N–H and O–H groups in total. The second-order valence-corrected chi connectivity index (χ2v) is 5.74. The summed E-state index contributed by atoms with van der Waals surface area (Å²) in [6.07, 6.45) is 9.22. The quantitative estimate of drug-likeness (QED) is 0.566. The SMILES string of the molecule is CN1CCC(CCNc2nc(NN)cn3ccnc23)CC1. The molecule has 114 valence electrons. The van der Waals surface area contributed by atoms with E-state index in [0.29, 0.717) is 5.82 Å². The summed E-state index contributed by atoms with van der Waals surface area (Å²) in [5.74, 6) is 7.67. The molecule has 1 aliphatic rings. The molecule has 0 saturated carbocycles. The number of hydrazine groups is 1. The molecular formula is C14H23N7. The van der Waals surface area contributed by atoms with Crippen LogP contribution in [-0.4, -0.2) is 46.0 Å². The Labute approximate surface area is 124 Å². The number of imidazole rings is 1. The van der Waals surface area contributed by atoms with Crippen LogP contribution < -0.4 is 16.6 Å². The molecule has 7 nitrogen and oxygen atoms in total. The van der Waals surface area contributed by atoms with Crippen molar-refractivity contribution < 1.29 is 0 Å². The van der Waals surface area contributed by atoms with Gasteiger partial charge in [-0.25, -0.2) is 15.8 Å². The predicted octanol–water partition coefficient (Wildman–Crippen LogP) is 1.16. The normalized spacial score (nSPS) is 17.2. The van der Waals surface area contributed by atoms with Gasteiger partial charge in [-0.2, -0.15) is 0 Å². The third-order valence-electron chi connectivity index (χ3n) is 4.21. The predicted molar refractivity (Wildman–Crippen MR) is 84.1 cm³/mol. The van der Waals surface area contributed by atoms with E-state index in [4.69, 9.17) is 5.84 Å². The van der Waals surface area contributed by atoms with Crippen molar-refractivity contribution in [2.75, 3.05) is 37.4 Å². The van der Waals surface area contributed by atoms with E-state index in [1.807, 2.05) is 16.8 Å². The van der Waals surface area contributed by atoms with Crippen LogP contribution in [0.2, 0.25) is 0 Å². The molecular weight excluding hydrogens is 266 g/mol. The van der Waals surface area contributed by atoms with Gasteiger partial charge in [-0.05, 0) is 45.3 Å². The van der Waals surface area contributed by atoms with Gasteiger partial charge in [0.2, 0.25) is 0 Å². The van der Waals surface area contributed by atoms with Crippen molar-refractivity contribution >= 4 is 17.3 Å². The number of nitrogens with one attached hydrogen (secondary N) is 2. The Morgan fingerprint density at radius 2 is 2.19 bits per heavy atom. The van der Waals surface area contributed by atoms with Crippen LogP contribution in [0.5, 0.6) is 0 Å². The molecule has 0 spiro atoms. The van der Waals surface area contributed by atoms with E-state index in [2.05, 4.69) is 32.7 Å². The summed E-state index contributed by atoms with van der Waals surface area (Å²) in [6.45, 7) is 3.33. The van der Waals surface area contributed by atoms with Crippen LogP contribution >= 0.6 is 0 Å². The molecule has 21 heavy (non-hydrogen) atoms. The summed E-state index contributed by atoms with van der Waals surface area (Å²) in [7, 11) is 2.19. The van der Waals surface area contributed by atoms with Gasteiger partial charge in [-0.3, -0.25) is 0 Å². The van der Waals surface area contributed by atoms with E-state index in [-0.39, 0.29) is 0 Å². The lowest BCUT2D eigenvalue weighted by Crippen LogP contribution is -2.30. The minimum absolute atomic E-state index is 0.627. The minimum Gasteiger partial charge on any atom is -0.367 e. The maximum Gasteiger partial charge on any atom is 0.180 e. The summed E-state index contributed by atoms with van der Waals surface area (Å²) in [5.41, 5.74) is 3.42. The number of likely N-dealkylation sites (tertiary alicyclic amines) is 1. The average molecular weight is 289 g/mol. The molecule has 1 fully saturated rings. The molecule has 0 aromatic carbocycles. The second-order valence-electron chi connectivity index (χ2n) is 5.74. The minimum atomic E-state index is 0.627. The van der Waals surface area contributed by atoms with E-state index in [1.54, 1.807) is 6.20 Å². The van der Waals surface area contributed by atoms with Gasteiger partial charge in [-0.15, -0.1) is 0 Å². The number of nitrogen functional groups attached to an aromatic ring is 1. The maximum atomic E-state index is 5.46. The lowest BCUT2D eigenvalue weighted by atomic mass is 9.94. The van der Waals surface area contributed by atoms with Gasteiger partial charge in [-0.1, -0.05) is 0 Å². The molecule has 0 unspecified atom stereocenters. The van der Waals surface area contributed by atoms with Gasteiger partial charge in [0.05, 0.1) is 6.20 Å². The molecule has 1 aliphatic heterocycles. The molecule has 0 radical (unpaired) electrons. The molecule has 0 atom stereocenters. The van der Waals surface area contributed by atoms with E-state index in [1.165, 1.54) is 32.4 Å². The zero-order valence-corrected chi connectivity index (χ0v) is 12.4. The van der Waals surface area contributed by atoms with E-state index < -0.39 is 0 Å². The first-order valence-electron chi connectivity index (χ1n) is 7.49. The fourth-order valence-electron chi connectivity index (χ4n) is 2.87. The Morgan fingerprint density at radius 1 is 1.38 bits per heavy atom. The van der Waals surface area contributed by atoms with Crippen molar-refractivity contribution in [1.82, 2.24) is 19.3 Å². The number of piperidine rings is 1. The van der Waals surface area contributed by atoms with Crippen LogP contribution in [0, 0.1) is 5.92 Å². The third kappa shape index (κ3) is 3.25. The van der Waals surface area contributed by atoms with Gasteiger partial charge < -0.3 is 20.0 Å². The molecule has 1 saturated heterocycles. The third-order valence-corrected chi connectivity index (χ3v) is 4.21. The van der Waals surface area contributed by atoms with E-state index in [0.717, 1.165) is 23.9 Å².